The molecule has 4 rings (SSSR count). The molecule has 27 heavy (non-hydrogen) atoms. The van der Waals surface area contributed by atoms with E-state index in [-0.39, 0.29) is 18.0 Å². The highest BCUT2D eigenvalue weighted by Crippen LogP contribution is 2.23. The number of hydrogen-bond donors (Lipinski definition) is 0. The lowest BCUT2D eigenvalue weighted by molar-refractivity contribution is 0.0991. The topological polar surface area (TPSA) is 69.9 Å². The maximum atomic E-state index is 12.6. The lowest BCUT2D eigenvalue weighted by atomic mass is 10.1. The molecule has 2 heterocycles. The largest absolute Gasteiger partial charge is 0.497 e. The van der Waals surface area contributed by atoms with E-state index >= 15 is 0 Å². The van der Waals surface area contributed by atoms with Crippen molar-refractivity contribution in [2.45, 2.75) is 6.42 Å². The van der Waals surface area contributed by atoms with Crippen molar-refractivity contribution >= 4 is 16.7 Å². The van der Waals surface area contributed by atoms with E-state index in [0.29, 0.717) is 11.4 Å². The maximum Gasteiger partial charge on any atom is 0.170 e. The number of ether oxygens (including phenoxy) is 1. The van der Waals surface area contributed by atoms with E-state index in [1.54, 1.807) is 18.7 Å². The Morgan fingerprint density at radius 2 is 2.04 bits per heavy atom. The number of carbonyl (C=O) groups excluding carboxylic acids is 1. The van der Waals surface area contributed by atoms with Crippen molar-refractivity contribution in [3.63, 3.8) is 0 Å². The van der Waals surface area contributed by atoms with Gasteiger partial charge >= 0.3 is 0 Å². The molecule has 0 amide bonds. The number of ketones is 1. The van der Waals surface area contributed by atoms with Gasteiger partial charge in [-0.25, -0.2) is 15.0 Å². The number of nitrogens with zero attached hydrogens (tertiary/aromatic N) is 4. The van der Waals surface area contributed by atoms with Gasteiger partial charge in [-0.1, -0.05) is 12.1 Å². The minimum atomic E-state index is -2.53. The number of Topliss-reactive ketones (excluding diaryl/α,β-unsaturated/α-hetero) is 1. The first kappa shape index (κ1) is 13.6. The summed E-state index contributed by atoms with van der Waals surface area (Å²) in [5.74, 6) is 0.422. The Morgan fingerprint density at radius 1 is 1.19 bits per heavy atom. The first-order chi connectivity index (χ1) is 14.3. The Balaban J connectivity index is 1.54. The fraction of sp³-hybridized carbons (Fsp3) is 0.143. The molecule has 0 radical (unpaired) electrons. The van der Waals surface area contributed by atoms with Gasteiger partial charge in [0.05, 0.1) is 41.3 Å². The maximum absolute atomic E-state index is 12.6. The Morgan fingerprint density at radius 3 is 2.78 bits per heavy atom. The van der Waals surface area contributed by atoms with Crippen molar-refractivity contribution in [2.75, 3.05) is 7.04 Å². The molecule has 0 saturated heterocycles. The molecule has 2 aromatic heterocycles. The van der Waals surface area contributed by atoms with E-state index in [1.807, 2.05) is 29.8 Å². The van der Waals surface area contributed by atoms with E-state index < -0.39 is 7.04 Å². The van der Waals surface area contributed by atoms with E-state index in [1.165, 1.54) is 24.3 Å². The number of methoxy groups -OCH3 is 1. The minimum absolute atomic E-state index is 0.0331. The van der Waals surface area contributed by atoms with Crippen LogP contribution in [0.15, 0.2) is 61.2 Å². The third kappa shape index (κ3) is 3.42. The van der Waals surface area contributed by atoms with Crippen molar-refractivity contribution in [3.8, 4) is 17.0 Å². The highest BCUT2D eigenvalue weighted by atomic mass is 16.5. The average molecular weight is 361 g/mol. The van der Waals surface area contributed by atoms with Gasteiger partial charge in [-0.05, 0) is 30.3 Å². The molecule has 0 bridgehead atoms. The van der Waals surface area contributed by atoms with Crippen LogP contribution in [0.25, 0.3) is 22.2 Å². The average Bonchev–Trinajstić information content (AvgIpc) is 3.12. The van der Waals surface area contributed by atoms with Crippen LogP contribution in [0.3, 0.4) is 0 Å². The summed E-state index contributed by atoms with van der Waals surface area (Å²) in [4.78, 5) is 25.6. The van der Waals surface area contributed by atoms with Gasteiger partial charge in [-0.2, -0.15) is 0 Å². The van der Waals surface area contributed by atoms with Gasteiger partial charge in [0.2, 0.25) is 0 Å². The zero-order valence-electron chi connectivity index (χ0n) is 17.6. The standard InChI is InChI=1S/C21H18N4O2/c1-25-13-22-12-19(25)15-3-4-16-11-23-21(24-18(16)9-15)10-20(26)14-5-7-17(27-2)8-6-14/h3-9,11-13H,10H2,1-2H3/i2D3. The monoisotopic (exact) mass is 361 g/mol. The van der Waals surface area contributed by atoms with Gasteiger partial charge in [-0.3, -0.25) is 4.79 Å². The molecular weight excluding hydrogens is 340 g/mol. The fourth-order valence-corrected chi connectivity index (χ4v) is 2.90. The van der Waals surface area contributed by atoms with E-state index in [4.69, 9.17) is 8.85 Å². The number of rotatable bonds is 5. The van der Waals surface area contributed by atoms with Crippen molar-refractivity contribution in [1.82, 2.24) is 19.5 Å². The summed E-state index contributed by atoms with van der Waals surface area (Å²) in [6.45, 7) is 0. The summed E-state index contributed by atoms with van der Waals surface area (Å²) in [7, 11) is -0.607. The molecule has 0 N–H and O–H groups in total. The molecule has 6 nitrogen and oxygen atoms in total. The minimum Gasteiger partial charge on any atom is -0.497 e. The SMILES string of the molecule is [2H]C([2H])([2H])Oc1ccc(C(=O)Cc2ncc3ccc(-c4cncn4C)cc3n2)cc1. The Labute approximate surface area is 160 Å². The van der Waals surface area contributed by atoms with Gasteiger partial charge in [0.1, 0.15) is 11.6 Å². The lowest BCUT2D eigenvalue weighted by Gasteiger charge is -2.06. The lowest BCUT2D eigenvalue weighted by Crippen LogP contribution is -2.07. The van der Waals surface area contributed by atoms with Crippen LogP contribution in [0.5, 0.6) is 5.75 Å². The van der Waals surface area contributed by atoms with Crippen LogP contribution in [0.1, 0.15) is 20.3 Å². The Bertz CT molecular complexity index is 1220. The smallest absolute Gasteiger partial charge is 0.170 e. The van der Waals surface area contributed by atoms with Crippen LogP contribution in [-0.4, -0.2) is 32.3 Å². The third-order valence-corrected chi connectivity index (χ3v) is 4.36. The third-order valence-electron chi connectivity index (χ3n) is 4.36. The predicted molar refractivity (Wildman–Crippen MR) is 103 cm³/mol. The van der Waals surface area contributed by atoms with Crippen molar-refractivity contribution < 1.29 is 13.6 Å². The first-order valence-electron chi connectivity index (χ1n) is 9.83. The molecule has 0 atom stereocenters. The van der Waals surface area contributed by atoms with Gasteiger partial charge in [0, 0.05) is 29.8 Å². The van der Waals surface area contributed by atoms with Crippen molar-refractivity contribution in [1.29, 1.82) is 0 Å². The molecule has 134 valence electrons. The molecule has 0 fully saturated rings. The van der Waals surface area contributed by atoms with Crippen LogP contribution in [0, 0.1) is 0 Å². The number of benzene rings is 2. The normalized spacial score (nSPS) is 13.0. The molecular formula is C21H18N4O2. The molecule has 0 spiro atoms. The van der Waals surface area contributed by atoms with Crippen LogP contribution in [-0.2, 0) is 13.5 Å². The molecule has 0 unspecified atom stereocenters. The van der Waals surface area contributed by atoms with Gasteiger partial charge in [0.15, 0.2) is 5.78 Å². The number of fused-ring (bicyclic) bond motifs is 1. The number of aromatic nitrogens is 4. The molecule has 0 aliphatic carbocycles. The molecule has 4 aromatic rings. The van der Waals surface area contributed by atoms with Gasteiger partial charge in [0.25, 0.3) is 0 Å². The highest BCUT2D eigenvalue weighted by Gasteiger charge is 2.11. The van der Waals surface area contributed by atoms with E-state index in [2.05, 4.69) is 15.0 Å². The van der Waals surface area contributed by atoms with Crippen LogP contribution >= 0.6 is 0 Å². The zero-order valence-corrected chi connectivity index (χ0v) is 14.6. The molecule has 0 aliphatic rings. The summed E-state index contributed by atoms with van der Waals surface area (Å²) in [5, 5.41) is 0.878. The fourth-order valence-electron chi connectivity index (χ4n) is 2.90. The summed E-state index contributed by atoms with van der Waals surface area (Å²) in [6, 6.07) is 11.9. The Kier molecular flexibility index (Phi) is 3.53. The quantitative estimate of drug-likeness (QED) is 0.509. The number of aryl methyl sites for hydroxylation is 1. The number of imidazole rings is 1. The summed E-state index contributed by atoms with van der Waals surface area (Å²) in [6.07, 6.45) is 5.25. The highest BCUT2D eigenvalue weighted by molar-refractivity contribution is 5.97. The number of hydrogen-bond acceptors (Lipinski definition) is 5. The van der Waals surface area contributed by atoms with E-state index in [0.717, 1.165) is 22.2 Å². The van der Waals surface area contributed by atoms with Crippen molar-refractivity contribution in [2.24, 2.45) is 7.05 Å². The second-order valence-corrected chi connectivity index (χ2v) is 6.18. The first-order valence-corrected chi connectivity index (χ1v) is 8.33. The molecule has 0 aliphatic heterocycles. The molecule has 6 heteroatoms. The van der Waals surface area contributed by atoms with Crippen LogP contribution < -0.4 is 4.74 Å². The summed E-state index contributed by atoms with van der Waals surface area (Å²) in [5.41, 5.74) is 3.11. The predicted octanol–water partition coefficient (Wildman–Crippen LogP) is 3.46. The van der Waals surface area contributed by atoms with Crippen LogP contribution in [0.4, 0.5) is 0 Å². The van der Waals surface area contributed by atoms with Gasteiger partial charge < -0.3 is 9.30 Å². The Hall–Kier alpha value is -3.54. The molecule has 2 aromatic carbocycles. The van der Waals surface area contributed by atoms with E-state index in [9.17, 15) is 4.79 Å². The summed E-state index contributed by atoms with van der Waals surface area (Å²) >= 11 is 0. The van der Waals surface area contributed by atoms with Crippen LogP contribution in [0.2, 0.25) is 0 Å². The zero-order chi connectivity index (χ0) is 21.3. The second kappa shape index (κ2) is 6.99. The number of carbonyl (C=O) groups is 1. The molecule has 0 saturated carbocycles. The second-order valence-electron chi connectivity index (χ2n) is 6.18. The summed E-state index contributed by atoms with van der Waals surface area (Å²) < 4.78 is 28.1. The van der Waals surface area contributed by atoms with Gasteiger partial charge in [-0.15, -0.1) is 0 Å². The van der Waals surface area contributed by atoms with Crippen molar-refractivity contribution in [3.05, 3.63) is 72.6 Å².